The first-order valence-corrected chi connectivity index (χ1v) is 8.56. The van der Waals surface area contributed by atoms with Crippen LogP contribution in [0.2, 0.25) is 0 Å². The van der Waals surface area contributed by atoms with Crippen molar-refractivity contribution in [2.45, 2.75) is 19.1 Å². The molecular formula is C18H26N2O3. The number of nitrogens with zero attached hydrogens (tertiary/aromatic N) is 2. The minimum atomic E-state index is 0.344. The van der Waals surface area contributed by atoms with Gasteiger partial charge in [0, 0.05) is 25.6 Å². The Kier molecular flexibility index (Phi) is 4.18. The molecule has 126 valence electrons. The van der Waals surface area contributed by atoms with E-state index in [4.69, 9.17) is 14.2 Å². The first kappa shape index (κ1) is 15.2. The highest BCUT2D eigenvalue weighted by Crippen LogP contribution is 2.36. The summed E-state index contributed by atoms with van der Waals surface area (Å²) in [5.74, 6) is 3.16. The summed E-state index contributed by atoms with van der Waals surface area (Å²) in [6.45, 7) is 5.59. The molecule has 2 saturated heterocycles. The average Bonchev–Trinajstić information content (AvgIpc) is 3.13. The summed E-state index contributed by atoms with van der Waals surface area (Å²) < 4.78 is 16.9. The van der Waals surface area contributed by atoms with Crippen molar-refractivity contribution >= 4 is 0 Å². The van der Waals surface area contributed by atoms with E-state index in [2.05, 4.69) is 36.0 Å². The van der Waals surface area contributed by atoms with Crippen molar-refractivity contribution in [1.82, 2.24) is 9.80 Å². The summed E-state index contributed by atoms with van der Waals surface area (Å²) in [6, 6.07) is 6.30. The zero-order valence-electron chi connectivity index (χ0n) is 14.0. The van der Waals surface area contributed by atoms with Crippen LogP contribution in [-0.4, -0.2) is 63.0 Å². The van der Waals surface area contributed by atoms with Crippen molar-refractivity contribution in [1.29, 1.82) is 0 Å². The lowest BCUT2D eigenvalue weighted by atomic mass is 9.84. The third kappa shape index (κ3) is 3.18. The monoisotopic (exact) mass is 318 g/mol. The molecule has 0 amide bonds. The second-order valence-corrected chi connectivity index (χ2v) is 7.27. The predicted octanol–water partition coefficient (Wildman–Crippen LogP) is 1.81. The van der Waals surface area contributed by atoms with Gasteiger partial charge in [0.25, 0.3) is 0 Å². The van der Waals surface area contributed by atoms with Crippen molar-refractivity contribution < 1.29 is 14.2 Å². The molecule has 3 atom stereocenters. The summed E-state index contributed by atoms with van der Waals surface area (Å²) >= 11 is 0. The van der Waals surface area contributed by atoms with Gasteiger partial charge in [0.15, 0.2) is 11.5 Å². The molecule has 0 aromatic heterocycles. The standard InChI is InChI=1S/C18H26N2O3/c1-19(2)10-18-15-5-6-20(9-14(15)11-21-18)8-13-3-4-16-17(7-13)23-12-22-16/h3-4,7,14-15,18H,5-6,8-12H2,1-2H3/t14-,15-,18+/m1/s1. The normalized spacial score (nSPS) is 30.0. The highest BCUT2D eigenvalue weighted by atomic mass is 16.7. The van der Waals surface area contributed by atoms with Gasteiger partial charge in [-0.3, -0.25) is 4.90 Å². The molecule has 0 unspecified atom stereocenters. The van der Waals surface area contributed by atoms with E-state index in [9.17, 15) is 0 Å². The number of hydrogen-bond acceptors (Lipinski definition) is 5. The van der Waals surface area contributed by atoms with Crippen molar-refractivity contribution in [3.63, 3.8) is 0 Å². The molecule has 3 aliphatic rings. The quantitative estimate of drug-likeness (QED) is 0.846. The Labute approximate surface area is 138 Å². The lowest BCUT2D eigenvalue weighted by Gasteiger charge is -2.36. The fourth-order valence-corrected chi connectivity index (χ4v) is 4.15. The third-order valence-electron chi connectivity index (χ3n) is 5.27. The van der Waals surface area contributed by atoms with Crippen LogP contribution in [0.1, 0.15) is 12.0 Å². The fourth-order valence-electron chi connectivity index (χ4n) is 4.15. The zero-order chi connectivity index (χ0) is 15.8. The Morgan fingerprint density at radius 2 is 2.09 bits per heavy atom. The van der Waals surface area contributed by atoms with Gasteiger partial charge in [-0.2, -0.15) is 0 Å². The molecule has 1 aromatic carbocycles. The molecule has 1 aromatic rings. The summed E-state index contributed by atoms with van der Waals surface area (Å²) in [5, 5.41) is 0. The summed E-state index contributed by atoms with van der Waals surface area (Å²) in [4.78, 5) is 4.80. The summed E-state index contributed by atoms with van der Waals surface area (Å²) in [7, 11) is 4.26. The third-order valence-corrected chi connectivity index (χ3v) is 5.27. The van der Waals surface area contributed by atoms with Crippen molar-refractivity contribution in [3.05, 3.63) is 23.8 Å². The first-order chi connectivity index (χ1) is 11.2. The predicted molar refractivity (Wildman–Crippen MR) is 87.7 cm³/mol. The van der Waals surface area contributed by atoms with Crippen molar-refractivity contribution in [2.75, 3.05) is 47.1 Å². The molecule has 0 N–H and O–H groups in total. The van der Waals surface area contributed by atoms with Gasteiger partial charge in [-0.15, -0.1) is 0 Å². The highest BCUT2D eigenvalue weighted by Gasteiger charge is 2.40. The van der Waals surface area contributed by atoms with Crippen LogP contribution in [0, 0.1) is 11.8 Å². The molecule has 0 aliphatic carbocycles. The number of hydrogen-bond donors (Lipinski definition) is 0. The maximum Gasteiger partial charge on any atom is 0.231 e. The van der Waals surface area contributed by atoms with Crippen molar-refractivity contribution in [3.8, 4) is 11.5 Å². The minimum absolute atomic E-state index is 0.344. The van der Waals surface area contributed by atoms with Crippen molar-refractivity contribution in [2.24, 2.45) is 11.8 Å². The van der Waals surface area contributed by atoms with Gasteiger partial charge in [0.1, 0.15) is 0 Å². The van der Waals surface area contributed by atoms with Gasteiger partial charge in [0.05, 0.1) is 12.7 Å². The molecule has 0 spiro atoms. The number of piperidine rings is 1. The molecule has 0 bridgehead atoms. The first-order valence-electron chi connectivity index (χ1n) is 8.56. The van der Waals surface area contributed by atoms with Gasteiger partial charge in [-0.25, -0.2) is 0 Å². The van der Waals surface area contributed by atoms with Crippen LogP contribution < -0.4 is 9.47 Å². The van der Waals surface area contributed by atoms with Gasteiger partial charge >= 0.3 is 0 Å². The summed E-state index contributed by atoms with van der Waals surface area (Å²) in [6.07, 6.45) is 1.66. The number of rotatable bonds is 4. The Morgan fingerprint density at radius 3 is 2.96 bits per heavy atom. The highest BCUT2D eigenvalue weighted by molar-refractivity contribution is 5.44. The number of benzene rings is 1. The maximum absolute atomic E-state index is 6.06. The van der Waals surface area contributed by atoms with Crippen LogP contribution in [0.3, 0.4) is 0 Å². The fraction of sp³-hybridized carbons (Fsp3) is 0.667. The molecule has 23 heavy (non-hydrogen) atoms. The van der Waals surface area contributed by atoms with E-state index < -0.39 is 0 Å². The average molecular weight is 318 g/mol. The van der Waals surface area contributed by atoms with E-state index in [1.165, 1.54) is 12.0 Å². The molecule has 0 radical (unpaired) electrons. The lowest BCUT2D eigenvalue weighted by Crippen LogP contribution is -2.42. The minimum Gasteiger partial charge on any atom is -0.454 e. The van der Waals surface area contributed by atoms with E-state index in [-0.39, 0.29) is 0 Å². The van der Waals surface area contributed by atoms with Gasteiger partial charge in [-0.05, 0) is 50.7 Å². The van der Waals surface area contributed by atoms with Crippen LogP contribution in [-0.2, 0) is 11.3 Å². The molecule has 2 fully saturated rings. The number of ether oxygens (including phenoxy) is 3. The van der Waals surface area contributed by atoms with Crippen LogP contribution >= 0.6 is 0 Å². The second kappa shape index (κ2) is 6.30. The second-order valence-electron chi connectivity index (χ2n) is 7.27. The van der Waals surface area contributed by atoms with Crippen LogP contribution in [0.15, 0.2) is 18.2 Å². The smallest absolute Gasteiger partial charge is 0.231 e. The summed E-state index contributed by atoms with van der Waals surface area (Å²) in [5.41, 5.74) is 1.30. The lowest BCUT2D eigenvalue weighted by molar-refractivity contribution is 0.0626. The largest absolute Gasteiger partial charge is 0.454 e. The van der Waals surface area contributed by atoms with Gasteiger partial charge in [0.2, 0.25) is 6.79 Å². The van der Waals surface area contributed by atoms with E-state index in [1.807, 2.05) is 6.07 Å². The Morgan fingerprint density at radius 1 is 1.22 bits per heavy atom. The Bertz CT molecular complexity index is 563. The molecule has 5 heteroatoms. The molecule has 4 rings (SSSR count). The number of fused-ring (bicyclic) bond motifs is 2. The van der Waals surface area contributed by atoms with Crippen LogP contribution in [0.4, 0.5) is 0 Å². The van der Waals surface area contributed by atoms with E-state index in [0.29, 0.717) is 18.8 Å². The van der Waals surface area contributed by atoms with Gasteiger partial charge in [-0.1, -0.05) is 6.07 Å². The molecular weight excluding hydrogens is 292 g/mol. The Hall–Kier alpha value is -1.30. The maximum atomic E-state index is 6.06. The van der Waals surface area contributed by atoms with E-state index >= 15 is 0 Å². The number of likely N-dealkylation sites (tertiary alicyclic amines) is 1. The van der Waals surface area contributed by atoms with Crippen LogP contribution in [0.5, 0.6) is 11.5 Å². The number of likely N-dealkylation sites (N-methyl/N-ethyl adjacent to an activating group) is 1. The topological polar surface area (TPSA) is 34.2 Å². The molecule has 0 saturated carbocycles. The molecule has 3 aliphatic heterocycles. The van der Waals surface area contributed by atoms with E-state index in [0.717, 1.165) is 50.2 Å². The SMILES string of the molecule is CN(C)C[C@@H]1OC[C@H]2CN(Cc3ccc4c(c3)OCO4)CC[C@H]21. The zero-order valence-corrected chi connectivity index (χ0v) is 14.0. The van der Waals surface area contributed by atoms with Crippen LogP contribution in [0.25, 0.3) is 0 Å². The Balaban J connectivity index is 1.36. The molecule has 5 nitrogen and oxygen atoms in total. The van der Waals surface area contributed by atoms with E-state index in [1.54, 1.807) is 0 Å². The van der Waals surface area contributed by atoms with Gasteiger partial charge < -0.3 is 19.1 Å². The molecule has 3 heterocycles.